The molecule has 0 saturated carbocycles. The van der Waals surface area contributed by atoms with Crippen molar-refractivity contribution in [1.29, 1.82) is 0 Å². The van der Waals surface area contributed by atoms with Gasteiger partial charge in [-0.3, -0.25) is 0 Å². The Morgan fingerprint density at radius 2 is 2.19 bits per heavy atom. The first-order valence-electron chi connectivity index (χ1n) is 6.38. The number of β-amino-alcohol motifs (C(OH)–C–C–N with tert-alkyl or cyclic N) is 1. The Morgan fingerprint density at radius 3 is 2.94 bits per heavy atom. The molecule has 2 aliphatic rings. The number of hydrogen-bond donors (Lipinski definition) is 3. The normalized spacial score (nSPS) is 29.3. The number of H-pyrrole nitrogens is 1. The molecule has 1 unspecified atom stereocenters. The fourth-order valence-corrected chi connectivity index (χ4v) is 3.00. The maximum Gasteiger partial charge on any atom is 0.0837 e. The number of hydrogen-bond acceptors (Lipinski definition) is 2. The minimum Gasteiger partial charge on any atom is -0.388 e. The summed E-state index contributed by atoms with van der Waals surface area (Å²) in [6, 6.07) is 2.27. The maximum absolute atomic E-state index is 10.3. The molecular weight excluding hydrogens is 200 g/mol. The van der Waals surface area contributed by atoms with Crippen LogP contribution in [0.3, 0.4) is 0 Å². The first-order valence-corrected chi connectivity index (χ1v) is 6.38. The summed E-state index contributed by atoms with van der Waals surface area (Å²) in [5.41, 5.74) is 3.60. The van der Waals surface area contributed by atoms with E-state index in [0.29, 0.717) is 0 Å². The summed E-state index contributed by atoms with van der Waals surface area (Å²) in [4.78, 5) is 3.50. The molecule has 3 N–H and O–H groups in total. The van der Waals surface area contributed by atoms with Crippen molar-refractivity contribution in [2.75, 3.05) is 13.1 Å². The lowest BCUT2D eigenvalue weighted by molar-refractivity contribution is 0.0610. The van der Waals surface area contributed by atoms with Crippen LogP contribution in [-0.4, -0.2) is 28.8 Å². The molecule has 3 rings (SSSR count). The van der Waals surface area contributed by atoms with Crippen molar-refractivity contribution in [3.8, 4) is 0 Å². The SMILES string of the molecule is OC1(Cc2cc3c([nH]2)CCCC3)CCNC1. The molecule has 1 aliphatic carbocycles. The average molecular weight is 220 g/mol. The van der Waals surface area contributed by atoms with E-state index in [1.54, 1.807) is 0 Å². The van der Waals surface area contributed by atoms with Gasteiger partial charge in [0.05, 0.1) is 5.60 Å². The molecule has 0 amide bonds. The maximum atomic E-state index is 10.3. The highest BCUT2D eigenvalue weighted by molar-refractivity contribution is 5.29. The zero-order valence-corrected chi connectivity index (χ0v) is 9.68. The molecule has 0 spiro atoms. The molecule has 0 aromatic carbocycles. The van der Waals surface area contributed by atoms with Gasteiger partial charge in [-0.05, 0) is 50.3 Å². The fraction of sp³-hybridized carbons (Fsp3) is 0.692. The highest BCUT2D eigenvalue weighted by Gasteiger charge is 2.31. The minimum absolute atomic E-state index is 0.520. The van der Waals surface area contributed by atoms with Crippen LogP contribution in [0.5, 0.6) is 0 Å². The van der Waals surface area contributed by atoms with E-state index in [1.165, 1.54) is 42.6 Å². The van der Waals surface area contributed by atoms with E-state index in [2.05, 4.69) is 16.4 Å². The average Bonchev–Trinajstić information content (AvgIpc) is 2.84. The van der Waals surface area contributed by atoms with Gasteiger partial charge in [0.25, 0.3) is 0 Å². The van der Waals surface area contributed by atoms with Gasteiger partial charge in [0.1, 0.15) is 0 Å². The van der Waals surface area contributed by atoms with E-state index in [0.717, 1.165) is 25.9 Å². The van der Waals surface area contributed by atoms with Crippen molar-refractivity contribution in [3.63, 3.8) is 0 Å². The summed E-state index contributed by atoms with van der Waals surface area (Å²) in [6.45, 7) is 1.67. The number of aryl methyl sites for hydroxylation is 2. The molecule has 1 atom stereocenters. The van der Waals surface area contributed by atoms with E-state index in [-0.39, 0.29) is 0 Å². The van der Waals surface area contributed by atoms with Gasteiger partial charge in [-0.2, -0.15) is 0 Å². The molecule has 1 saturated heterocycles. The summed E-state index contributed by atoms with van der Waals surface area (Å²) < 4.78 is 0. The van der Waals surface area contributed by atoms with Crippen LogP contribution in [0.25, 0.3) is 0 Å². The van der Waals surface area contributed by atoms with E-state index in [1.807, 2.05) is 0 Å². The Morgan fingerprint density at radius 1 is 1.31 bits per heavy atom. The van der Waals surface area contributed by atoms with Gasteiger partial charge < -0.3 is 15.4 Å². The smallest absolute Gasteiger partial charge is 0.0837 e. The molecule has 1 fully saturated rings. The number of aliphatic hydroxyl groups is 1. The lowest BCUT2D eigenvalue weighted by Crippen LogP contribution is -2.33. The van der Waals surface area contributed by atoms with Crippen LogP contribution in [0, 0.1) is 0 Å². The Bertz CT molecular complexity index is 354. The van der Waals surface area contributed by atoms with E-state index >= 15 is 0 Å². The molecule has 3 heteroatoms. The van der Waals surface area contributed by atoms with Crippen molar-refractivity contribution >= 4 is 0 Å². The highest BCUT2D eigenvalue weighted by atomic mass is 16.3. The zero-order valence-electron chi connectivity index (χ0n) is 9.68. The molecule has 16 heavy (non-hydrogen) atoms. The number of aromatic amines is 1. The van der Waals surface area contributed by atoms with Crippen LogP contribution in [-0.2, 0) is 19.3 Å². The molecule has 88 valence electrons. The lowest BCUT2D eigenvalue weighted by atomic mass is 9.95. The summed E-state index contributed by atoms with van der Waals surface area (Å²) >= 11 is 0. The van der Waals surface area contributed by atoms with Gasteiger partial charge >= 0.3 is 0 Å². The van der Waals surface area contributed by atoms with Crippen LogP contribution in [0.4, 0.5) is 0 Å². The molecule has 1 aromatic rings. The largest absolute Gasteiger partial charge is 0.388 e. The van der Waals surface area contributed by atoms with Crippen molar-refractivity contribution in [3.05, 3.63) is 23.0 Å². The quantitative estimate of drug-likeness (QED) is 0.700. The third kappa shape index (κ3) is 1.89. The molecule has 2 heterocycles. The van der Waals surface area contributed by atoms with Gasteiger partial charge in [0.15, 0.2) is 0 Å². The lowest BCUT2D eigenvalue weighted by Gasteiger charge is -2.20. The standard InChI is InChI=1S/C13H20N2O/c16-13(5-6-14-9-13)8-11-7-10-3-1-2-4-12(10)15-11/h7,14-16H,1-6,8-9H2. The monoisotopic (exact) mass is 220 g/mol. The van der Waals surface area contributed by atoms with E-state index < -0.39 is 5.60 Å². The topological polar surface area (TPSA) is 48.0 Å². The van der Waals surface area contributed by atoms with Crippen LogP contribution in [0.15, 0.2) is 6.07 Å². The molecular formula is C13H20N2O. The summed E-state index contributed by atoms with van der Waals surface area (Å²) in [6.07, 6.45) is 6.66. The van der Waals surface area contributed by atoms with Crippen molar-refractivity contribution in [1.82, 2.24) is 10.3 Å². The second-order valence-electron chi connectivity index (χ2n) is 5.33. The first kappa shape index (κ1) is 10.4. The Hall–Kier alpha value is -0.800. The summed E-state index contributed by atoms with van der Waals surface area (Å²) in [5.74, 6) is 0. The first-order chi connectivity index (χ1) is 7.75. The molecule has 0 radical (unpaired) electrons. The number of fused-ring (bicyclic) bond motifs is 1. The van der Waals surface area contributed by atoms with Gasteiger partial charge in [-0.1, -0.05) is 0 Å². The third-order valence-corrected chi connectivity index (χ3v) is 3.91. The van der Waals surface area contributed by atoms with Crippen molar-refractivity contribution < 1.29 is 5.11 Å². The minimum atomic E-state index is -0.520. The predicted octanol–water partition coefficient (Wildman–Crippen LogP) is 1.16. The van der Waals surface area contributed by atoms with Crippen molar-refractivity contribution in [2.24, 2.45) is 0 Å². The number of nitrogens with one attached hydrogen (secondary N) is 2. The molecule has 1 aromatic heterocycles. The predicted molar refractivity (Wildman–Crippen MR) is 63.6 cm³/mol. The zero-order chi connectivity index (χ0) is 11.0. The van der Waals surface area contributed by atoms with E-state index in [4.69, 9.17) is 0 Å². The second kappa shape index (κ2) is 3.90. The number of aromatic nitrogens is 1. The number of rotatable bonds is 2. The second-order valence-corrected chi connectivity index (χ2v) is 5.33. The van der Waals surface area contributed by atoms with Crippen LogP contribution < -0.4 is 5.32 Å². The molecule has 0 bridgehead atoms. The van der Waals surface area contributed by atoms with Gasteiger partial charge in [0.2, 0.25) is 0 Å². The van der Waals surface area contributed by atoms with Gasteiger partial charge in [-0.15, -0.1) is 0 Å². The summed E-state index contributed by atoms with van der Waals surface area (Å²) in [5, 5.41) is 13.6. The third-order valence-electron chi connectivity index (χ3n) is 3.91. The van der Waals surface area contributed by atoms with Gasteiger partial charge in [0, 0.05) is 24.4 Å². The Balaban J connectivity index is 1.77. The van der Waals surface area contributed by atoms with Gasteiger partial charge in [-0.25, -0.2) is 0 Å². The van der Waals surface area contributed by atoms with Crippen LogP contribution >= 0.6 is 0 Å². The molecule has 1 aliphatic heterocycles. The Kier molecular flexibility index (Phi) is 2.52. The highest BCUT2D eigenvalue weighted by Crippen LogP contribution is 2.25. The van der Waals surface area contributed by atoms with Crippen molar-refractivity contribution in [2.45, 2.75) is 44.1 Å². The Labute approximate surface area is 96.3 Å². The van der Waals surface area contributed by atoms with E-state index in [9.17, 15) is 5.11 Å². The van der Waals surface area contributed by atoms with Crippen LogP contribution in [0.2, 0.25) is 0 Å². The fourth-order valence-electron chi connectivity index (χ4n) is 3.00. The van der Waals surface area contributed by atoms with Crippen LogP contribution in [0.1, 0.15) is 36.2 Å². The summed E-state index contributed by atoms with van der Waals surface area (Å²) in [7, 11) is 0. The molecule has 3 nitrogen and oxygen atoms in total.